The first-order valence-corrected chi connectivity index (χ1v) is 5.44. The molecule has 1 amide bonds. The second-order valence-corrected chi connectivity index (χ2v) is 5.20. The predicted octanol–water partition coefficient (Wildman–Crippen LogP) is 1.29. The number of nitriles is 1. The molecule has 16 heavy (non-hydrogen) atoms. The van der Waals surface area contributed by atoms with Gasteiger partial charge in [-0.2, -0.15) is 5.26 Å². The molecule has 2 heterocycles. The first-order chi connectivity index (χ1) is 7.42. The summed E-state index contributed by atoms with van der Waals surface area (Å²) in [5.74, 6) is 0. The predicted molar refractivity (Wildman–Crippen MR) is 55.6 cm³/mol. The number of carbonyl (C=O) groups is 1. The lowest BCUT2D eigenvalue weighted by molar-refractivity contribution is 0.0129. The number of epoxide rings is 1. The zero-order valence-corrected chi connectivity index (χ0v) is 9.77. The first kappa shape index (κ1) is 11.2. The van der Waals surface area contributed by atoms with E-state index >= 15 is 0 Å². The molecule has 0 N–H and O–H groups in total. The summed E-state index contributed by atoms with van der Waals surface area (Å²) in [6, 6.07) is 1.95. The number of morpholine rings is 1. The van der Waals surface area contributed by atoms with Crippen LogP contribution in [0.1, 0.15) is 27.2 Å². The van der Waals surface area contributed by atoms with Gasteiger partial charge in [0.1, 0.15) is 17.8 Å². The molecule has 2 fully saturated rings. The molecule has 5 nitrogen and oxygen atoms in total. The van der Waals surface area contributed by atoms with E-state index in [9.17, 15) is 4.79 Å². The summed E-state index contributed by atoms with van der Waals surface area (Å²) in [7, 11) is 0. The Hall–Kier alpha value is -1.28. The van der Waals surface area contributed by atoms with Crippen molar-refractivity contribution in [2.75, 3.05) is 6.54 Å². The highest BCUT2D eigenvalue weighted by atomic mass is 16.6. The van der Waals surface area contributed by atoms with E-state index in [2.05, 4.69) is 6.07 Å². The van der Waals surface area contributed by atoms with Crippen LogP contribution in [0, 0.1) is 11.3 Å². The molecular formula is C11H16N2O3. The van der Waals surface area contributed by atoms with Crippen molar-refractivity contribution in [3.8, 4) is 6.07 Å². The molecule has 0 saturated carbocycles. The van der Waals surface area contributed by atoms with Gasteiger partial charge in [-0.15, -0.1) is 0 Å². The zero-order chi connectivity index (χ0) is 11.9. The molecule has 0 aromatic heterocycles. The molecule has 2 saturated heterocycles. The van der Waals surface area contributed by atoms with Crippen molar-refractivity contribution in [1.82, 2.24) is 4.90 Å². The summed E-state index contributed by atoms with van der Waals surface area (Å²) in [5.41, 5.74) is -0.498. The van der Waals surface area contributed by atoms with Crippen LogP contribution in [-0.4, -0.2) is 41.4 Å². The van der Waals surface area contributed by atoms with Crippen molar-refractivity contribution in [2.24, 2.45) is 0 Å². The maximum atomic E-state index is 11.9. The highest BCUT2D eigenvalue weighted by molar-refractivity contribution is 5.69. The van der Waals surface area contributed by atoms with E-state index < -0.39 is 5.60 Å². The van der Waals surface area contributed by atoms with Gasteiger partial charge in [0.05, 0.1) is 25.1 Å². The van der Waals surface area contributed by atoms with Crippen molar-refractivity contribution >= 4 is 6.09 Å². The Kier molecular flexibility index (Phi) is 2.55. The Morgan fingerprint density at radius 3 is 2.88 bits per heavy atom. The fourth-order valence-corrected chi connectivity index (χ4v) is 2.00. The van der Waals surface area contributed by atoms with Crippen molar-refractivity contribution in [3.63, 3.8) is 0 Å². The minimum absolute atomic E-state index is 0.0483. The number of carbonyl (C=O) groups excluding carboxylic acids is 1. The SMILES string of the molecule is CC(C)(C)OC(=O)N1C[C@@H]2OC2[C@H]1CC#N. The smallest absolute Gasteiger partial charge is 0.410 e. The van der Waals surface area contributed by atoms with Crippen LogP contribution in [0.25, 0.3) is 0 Å². The Morgan fingerprint density at radius 1 is 1.62 bits per heavy atom. The van der Waals surface area contributed by atoms with Gasteiger partial charge in [-0.25, -0.2) is 4.79 Å². The molecule has 0 bridgehead atoms. The Morgan fingerprint density at radius 2 is 2.31 bits per heavy atom. The van der Waals surface area contributed by atoms with Crippen LogP contribution in [0.15, 0.2) is 0 Å². The fourth-order valence-electron chi connectivity index (χ4n) is 2.00. The lowest BCUT2D eigenvalue weighted by Gasteiger charge is -2.28. The van der Waals surface area contributed by atoms with Gasteiger partial charge in [0, 0.05) is 0 Å². The standard InChI is InChI=1S/C11H16N2O3/c1-11(2,3)16-10(14)13-6-8-9(15-8)7(13)4-5-12/h7-9H,4,6H2,1-3H3/t7-,8+,9?/m1/s1. The Bertz CT molecular complexity index is 342. The molecule has 0 aromatic carbocycles. The van der Waals surface area contributed by atoms with Gasteiger partial charge in [-0.3, -0.25) is 4.90 Å². The monoisotopic (exact) mass is 224 g/mol. The number of ether oxygens (including phenoxy) is 2. The fraction of sp³-hybridized carbons (Fsp3) is 0.818. The molecule has 0 spiro atoms. The van der Waals surface area contributed by atoms with Crippen LogP contribution < -0.4 is 0 Å². The minimum Gasteiger partial charge on any atom is -0.444 e. The van der Waals surface area contributed by atoms with Crippen molar-refractivity contribution in [2.45, 2.75) is 51.0 Å². The quantitative estimate of drug-likeness (QED) is 0.629. The number of fused-ring (bicyclic) bond motifs is 1. The van der Waals surface area contributed by atoms with Crippen LogP contribution in [0.3, 0.4) is 0 Å². The highest BCUT2D eigenvalue weighted by Gasteiger charge is 2.56. The third-order valence-electron chi connectivity index (χ3n) is 2.71. The maximum absolute atomic E-state index is 11.9. The maximum Gasteiger partial charge on any atom is 0.410 e. The normalized spacial score (nSPS) is 31.9. The number of likely N-dealkylation sites (tertiary alicyclic amines) is 1. The van der Waals surface area contributed by atoms with E-state index in [1.807, 2.05) is 20.8 Å². The van der Waals surface area contributed by atoms with Gasteiger partial charge >= 0.3 is 6.09 Å². The van der Waals surface area contributed by atoms with Crippen LogP contribution in [0.4, 0.5) is 4.79 Å². The summed E-state index contributed by atoms with van der Waals surface area (Å²) in [6.07, 6.45) is 0.127. The molecule has 1 unspecified atom stereocenters. The summed E-state index contributed by atoms with van der Waals surface area (Å²) in [4.78, 5) is 13.5. The van der Waals surface area contributed by atoms with E-state index in [0.29, 0.717) is 13.0 Å². The van der Waals surface area contributed by atoms with Crippen LogP contribution >= 0.6 is 0 Å². The van der Waals surface area contributed by atoms with Gasteiger partial charge in [0.2, 0.25) is 0 Å². The molecule has 2 rings (SSSR count). The van der Waals surface area contributed by atoms with Crippen LogP contribution in [-0.2, 0) is 9.47 Å². The molecule has 0 aliphatic carbocycles. The van der Waals surface area contributed by atoms with Crippen LogP contribution in [0.5, 0.6) is 0 Å². The highest BCUT2D eigenvalue weighted by Crippen LogP contribution is 2.38. The summed E-state index contributed by atoms with van der Waals surface area (Å²) in [5, 5.41) is 8.71. The molecular weight excluding hydrogens is 208 g/mol. The molecule has 2 aliphatic heterocycles. The molecule has 88 valence electrons. The van der Waals surface area contributed by atoms with E-state index in [-0.39, 0.29) is 24.3 Å². The lowest BCUT2D eigenvalue weighted by atomic mass is 10.1. The average Bonchev–Trinajstić information content (AvgIpc) is 2.81. The molecule has 0 aromatic rings. The summed E-state index contributed by atoms with van der Waals surface area (Å²) >= 11 is 0. The van der Waals surface area contributed by atoms with E-state index in [1.54, 1.807) is 4.90 Å². The number of amides is 1. The zero-order valence-electron chi connectivity index (χ0n) is 9.77. The van der Waals surface area contributed by atoms with Gasteiger partial charge in [0.25, 0.3) is 0 Å². The number of hydrogen-bond acceptors (Lipinski definition) is 4. The van der Waals surface area contributed by atoms with Gasteiger partial charge in [0.15, 0.2) is 0 Å². The van der Waals surface area contributed by atoms with E-state index in [0.717, 1.165) is 0 Å². The van der Waals surface area contributed by atoms with Crippen molar-refractivity contribution in [1.29, 1.82) is 5.26 Å². The molecule has 2 aliphatic rings. The Balaban J connectivity index is 1.99. The van der Waals surface area contributed by atoms with Crippen molar-refractivity contribution in [3.05, 3.63) is 0 Å². The number of rotatable bonds is 1. The van der Waals surface area contributed by atoms with E-state index in [4.69, 9.17) is 14.7 Å². The van der Waals surface area contributed by atoms with Crippen molar-refractivity contribution < 1.29 is 14.3 Å². The van der Waals surface area contributed by atoms with Crippen LogP contribution in [0.2, 0.25) is 0 Å². The third-order valence-corrected chi connectivity index (χ3v) is 2.71. The average molecular weight is 224 g/mol. The molecule has 0 radical (unpaired) electrons. The topological polar surface area (TPSA) is 65.9 Å². The minimum atomic E-state index is -0.498. The summed E-state index contributed by atoms with van der Waals surface area (Å²) < 4.78 is 10.6. The second-order valence-electron chi connectivity index (χ2n) is 5.20. The van der Waals surface area contributed by atoms with Gasteiger partial charge in [-0.05, 0) is 20.8 Å². The number of nitrogens with zero attached hydrogens (tertiary/aromatic N) is 2. The third kappa shape index (κ3) is 2.12. The molecule has 5 heteroatoms. The Labute approximate surface area is 94.9 Å². The van der Waals surface area contributed by atoms with Gasteiger partial charge < -0.3 is 9.47 Å². The largest absolute Gasteiger partial charge is 0.444 e. The molecule has 3 atom stereocenters. The summed E-state index contributed by atoms with van der Waals surface area (Å²) in [6.45, 7) is 6.04. The van der Waals surface area contributed by atoms with Gasteiger partial charge in [-0.1, -0.05) is 0 Å². The number of hydrogen-bond donors (Lipinski definition) is 0. The lowest BCUT2D eigenvalue weighted by Crippen LogP contribution is -2.42. The first-order valence-electron chi connectivity index (χ1n) is 5.44. The second kappa shape index (κ2) is 3.63. The van der Waals surface area contributed by atoms with E-state index in [1.165, 1.54) is 0 Å².